The molecule has 2 atom stereocenters. The number of hydrogen-bond donors (Lipinski definition) is 0. The standard InChI is InChI=1S/C12H21F2NO/c1-9(2)16-8-12(3-4-12)7-15-5-10(13)11(14)6-15/h9-11H,3-8H2,1-2H3. The van der Waals surface area contributed by atoms with E-state index in [-0.39, 0.29) is 24.6 Å². The minimum atomic E-state index is -1.29. The zero-order valence-electron chi connectivity index (χ0n) is 10.1. The number of ether oxygens (including phenoxy) is 1. The van der Waals surface area contributed by atoms with Gasteiger partial charge in [0, 0.05) is 25.0 Å². The summed E-state index contributed by atoms with van der Waals surface area (Å²) in [5.74, 6) is 0. The Morgan fingerprint density at radius 3 is 2.25 bits per heavy atom. The largest absolute Gasteiger partial charge is 0.378 e. The molecule has 0 N–H and O–H groups in total. The molecule has 94 valence electrons. The summed E-state index contributed by atoms with van der Waals surface area (Å²) in [6, 6.07) is 0. The number of nitrogens with zero attached hydrogens (tertiary/aromatic N) is 1. The van der Waals surface area contributed by atoms with Crippen LogP contribution in [0.4, 0.5) is 8.78 Å². The van der Waals surface area contributed by atoms with Crippen molar-refractivity contribution in [3.05, 3.63) is 0 Å². The van der Waals surface area contributed by atoms with Crippen molar-refractivity contribution in [2.24, 2.45) is 5.41 Å². The lowest BCUT2D eigenvalue weighted by Crippen LogP contribution is -2.32. The van der Waals surface area contributed by atoms with Crippen LogP contribution in [0.25, 0.3) is 0 Å². The van der Waals surface area contributed by atoms with Crippen LogP contribution in [0.2, 0.25) is 0 Å². The van der Waals surface area contributed by atoms with E-state index < -0.39 is 12.3 Å². The van der Waals surface area contributed by atoms with E-state index in [2.05, 4.69) is 0 Å². The molecule has 1 saturated heterocycles. The van der Waals surface area contributed by atoms with Crippen molar-refractivity contribution in [2.75, 3.05) is 26.2 Å². The first kappa shape index (κ1) is 12.2. The smallest absolute Gasteiger partial charge is 0.145 e. The first-order valence-corrected chi connectivity index (χ1v) is 6.13. The molecule has 4 heteroatoms. The summed E-state index contributed by atoms with van der Waals surface area (Å²) in [5.41, 5.74) is 0.189. The minimum Gasteiger partial charge on any atom is -0.378 e. The third-order valence-electron chi connectivity index (χ3n) is 3.50. The van der Waals surface area contributed by atoms with Crippen LogP contribution in [-0.2, 0) is 4.74 Å². The number of alkyl halides is 2. The van der Waals surface area contributed by atoms with Crippen LogP contribution in [0.15, 0.2) is 0 Å². The quantitative estimate of drug-likeness (QED) is 0.721. The zero-order chi connectivity index (χ0) is 11.8. The Labute approximate surface area is 95.9 Å². The van der Waals surface area contributed by atoms with Gasteiger partial charge in [0.05, 0.1) is 12.7 Å². The van der Waals surface area contributed by atoms with Gasteiger partial charge in [-0.3, -0.25) is 4.90 Å². The van der Waals surface area contributed by atoms with E-state index in [1.807, 2.05) is 18.7 Å². The first-order chi connectivity index (χ1) is 7.51. The van der Waals surface area contributed by atoms with Crippen LogP contribution in [0.3, 0.4) is 0 Å². The van der Waals surface area contributed by atoms with Gasteiger partial charge in [-0.2, -0.15) is 0 Å². The third-order valence-corrected chi connectivity index (χ3v) is 3.50. The Morgan fingerprint density at radius 2 is 1.81 bits per heavy atom. The zero-order valence-corrected chi connectivity index (χ0v) is 10.1. The molecule has 2 rings (SSSR count). The molecule has 2 nitrogen and oxygen atoms in total. The first-order valence-electron chi connectivity index (χ1n) is 6.13. The molecule has 2 fully saturated rings. The topological polar surface area (TPSA) is 12.5 Å². The van der Waals surface area contributed by atoms with Crippen molar-refractivity contribution < 1.29 is 13.5 Å². The van der Waals surface area contributed by atoms with Gasteiger partial charge >= 0.3 is 0 Å². The predicted molar refractivity (Wildman–Crippen MR) is 59.0 cm³/mol. The van der Waals surface area contributed by atoms with Crippen LogP contribution in [0.5, 0.6) is 0 Å². The summed E-state index contributed by atoms with van der Waals surface area (Å²) in [5, 5.41) is 0. The van der Waals surface area contributed by atoms with Gasteiger partial charge in [0.15, 0.2) is 0 Å². The van der Waals surface area contributed by atoms with Crippen molar-refractivity contribution in [3.63, 3.8) is 0 Å². The molecule has 0 amide bonds. The molecule has 0 aromatic heterocycles. The van der Waals surface area contributed by atoms with Crippen LogP contribution < -0.4 is 0 Å². The van der Waals surface area contributed by atoms with Crippen LogP contribution in [-0.4, -0.2) is 49.6 Å². The van der Waals surface area contributed by atoms with E-state index in [0.717, 1.165) is 26.0 Å². The number of hydrogen-bond acceptors (Lipinski definition) is 2. The molecule has 16 heavy (non-hydrogen) atoms. The fourth-order valence-corrected chi connectivity index (χ4v) is 2.27. The third kappa shape index (κ3) is 2.92. The molecule has 0 aromatic carbocycles. The van der Waals surface area contributed by atoms with Gasteiger partial charge in [-0.05, 0) is 26.7 Å². The molecule has 1 saturated carbocycles. The van der Waals surface area contributed by atoms with Crippen molar-refractivity contribution in [1.29, 1.82) is 0 Å². The maximum absolute atomic E-state index is 13.0. The summed E-state index contributed by atoms with van der Waals surface area (Å²) in [7, 11) is 0. The Hall–Kier alpha value is -0.220. The Kier molecular flexibility index (Phi) is 3.50. The van der Waals surface area contributed by atoms with Crippen molar-refractivity contribution >= 4 is 0 Å². The second kappa shape index (κ2) is 4.57. The SMILES string of the molecule is CC(C)OCC1(CN2CC(F)C(F)C2)CC1. The summed E-state index contributed by atoms with van der Waals surface area (Å²) < 4.78 is 31.7. The fraction of sp³-hybridized carbons (Fsp3) is 1.00. The van der Waals surface area contributed by atoms with Gasteiger partial charge in [0.1, 0.15) is 12.3 Å². The van der Waals surface area contributed by atoms with Gasteiger partial charge in [0.2, 0.25) is 0 Å². The summed E-state index contributed by atoms with van der Waals surface area (Å²) >= 11 is 0. The lowest BCUT2D eigenvalue weighted by Gasteiger charge is -2.23. The average Bonchev–Trinajstić information content (AvgIpc) is 2.88. The molecule has 1 heterocycles. The fourth-order valence-electron chi connectivity index (χ4n) is 2.27. The van der Waals surface area contributed by atoms with Gasteiger partial charge in [0.25, 0.3) is 0 Å². The van der Waals surface area contributed by atoms with Crippen molar-refractivity contribution in [3.8, 4) is 0 Å². The lowest BCUT2D eigenvalue weighted by molar-refractivity contribution is 0.0326. The Morgan fingerprint density at radius 1 is 1.25 bits per heavy atom. The van der Waals surface area contributed by atoms with E-state index in [9.17, 15) is 8.78 Å². The lowest BCUT2D eigenvalue weighted by atomic mass is 10.1. The Balaban J connectivity index is 1.77. The van der Waals surface area contributed by atoms with E-state index in [1.165, 1.54) is 0 Å². The average molecular weight is 233 g/mol. The van der Waals surface area contributed by atoms with Gasteiger partial charge in [-0.15, -0.1) is 0 Å². The highest BCUT2D eigenvalue weighted by molar-refractivity contribution is 4.98. The Bertz CT molecular complexity index is 233. The molecule has 2 unspecified atom stereocenters. The molecule has 0 aromatic rings. The minimum absolute atomic E-state index is 0.189. The molecule has 0 spiro atoms. The highest BCUT2D eigenvalue weighted by Crippen LogP contribution is 2.47. The van der Waals surface area contributed by atoms with Crippen LogP contribution in [0.1, 0.15) is 26.7 Å². The van der Waals surface area contributed by atoms with E-state index in [0.29, 0.717) is 0 Å². The van der Waals surface area contributed by atoms with E-state index in [1.54, 1.807) is 0 Å². The molecule has 0 bridgehead atoms. The maximum Gasteiger partial charge on any atom is 0.145 e. The van der Waals surface area contributed by atoms with Crippen molar-refractivity contribution in [1.82, 2.24) is 4.90 Å². The summed E-state index contributed by atoms with van der Waals surface area (Å²) in [4.78, 5) is 1.91. The van der Waals surface area contributed by atoms with Gasteiger partial charge in [-0.1, -0.05) is 0 Å². The highest BCUT2D eigenvalue weighted by atomic mass is 19.2. The second-order valence-electron chi connectivity index (χ2n) is 5.59. The van der Waals surface area contributed by atoms with Crippen molar-refractivity contribution in [2.45, 2.75) is 45.1 Å². The van der Waals surface area contributed by atoms with Gasteiger partial charge in [-0.25, -0.2) is 8.78 Å². The summed E-state index contributed by atoms with van der Waals surface area (Å²) in [6.07, 6.45) is -0.0867. The normalized spacial score (nSPS) is 33.6. The van der Waals surface area contributed by atoms with E-state index in [4.69, 9.17) is 4.74 Å². The number of rotatable bonds is 5. The van der Waals surface area contributed by atoms with Crippen LogP contribution in [0, 0.1) is 5.41 Å². The monoisotopic (exact) mass is 233 g/mol. The van der Waals surface area contributed by atoms with Crippen LogP contribution >= 0.6 is 0 Å². The molecule has 0 radical (unpaired) electrons. The number of halogens is 2. The molecule has 1 aliphatic carbocycles. The molecular formula is C12H21F2NO. The molecule has 1 aliphatic heterocycles. The molecule has 2 aliphatic rings. The molecular weight excluding hydrogens is 212 g/mol. The number of likely N-dealkylation sites (tertiary alicyclic amines) is 1. The second-order valence-corrected chi connectivity index (χ2v) is 5.59. The predicted octanol–water partition coefficient (Wildman–Crippen LogP) is 2.18. The van der Waals surface area contributed by atoms with E-state index >= 15 is 0 Å². The highest BCUT2D eigenvalue weighted by Gasteiger charge is 2.46. The van der Waals surface area contributed by atoms with Gasteiger partial charge < -0.3 is 4.74 Å². The summed E-state index contributed by atoms with van der Waals surface area (Å²) in [6.45, 7) is 6.06. The maximum atomic E-state index is 13.0.